The van der Waals surface area contributed by atoms with Gasteiger partial charge < -0.3 is 10.1 Å². The first kappa shape index (κ1) is 22.3. The van der Waals surface area contributed by atoms with Gasteiger partial charge in [-0.25, -0.2) is 13.1 Å². The maximum atomic E-state index is 12.6. The van der Waals surface area contributed by atoms with E-state index in [2.05, 4.69) is 30.7 Å². The molecule has 0 spiro atoms. The van der Waals surface area contributed by atoms with Crippen LogP contribution in [0.2, 0.25) is 0 Å². The number of amides is 1. The van der Waals surface area contributed by atoms with Crippen LogP contribution >= 0.6 is 15.9 Å². The fourth-order valence-corrected chi connectivity index (χ4v) is 3.93. The average Bonchev–Trinajstić information content (AvgIpc) is 2.61. The molecule has 28 heavy (non-hydrogen) atoms. The van der Waals surface area contributed by atoms with E-state index in [0.717, 1.165) is 0 Å². The van der Waals surface area contributed by atoms with E-state index >= 15 is 0 Å². The summed E-state index contributed by atoms with van der Waals surface area (Å²) in [6.07, 6.45) is 0. The van der Waals surface area contributed by atoms with Crippen molar-refractivity contribution in [1.29, 1.82) is 0 Å². The summed E-state index contributed by atoms with van der Waals surface area (Å²) >= 11 is 3.24. The van der Waals surface area contributed by atoms with Crippen molar-refractivity contribution in [1.82, 2.24) is 10.0 Å². The molecule has 0 aliphatic heterocycles. The maximum Gasteiger partial charge on any atom is 0.387 e. The van der Waals surface area contributed by atoms with Gasteiger partial charge in [0.2, 0.25) is 10.0 Å². The Morgan fingerprint density at radius 3 is 2.57 bits per heavy atom. The minimum absolute atomic E-state index is 0.0331. The molecular formula is C18H19BrF2N2O4S. The van der Waals surface area contributed by atoms with Gasteiger partial charge in [-0.1, -0.05) is 28.9 Å². The molecule has 0 aliphatic carbocycles. The highest BCUT2D eigenvalue weighted by atomic mass is 79.9. The standard InChI is InChI=1S/C18H19BrF2N2O4S/c1-3-23-28(25,26)14-6-4-11(2)15(9-14)17(24)22-10-12-8-13(19)5-7-16(12)27-18(20)21/h4-9,18,23H,3,10H2,1-2H3,(H,22,24). The first-order chi connectivity index (χ1) is 13.1. The maximum absolute atomic E-state index is 12.6. The zero-order valence-corrected chi connectivity index (χ0v) is 17.5. The molecule has 2 N–H and O–H groups in total. The molecule has 2 aromatic rings. The summed E-state index contributed by atoms with van der Waals surface area (Å²) in [6.45, 7) is 0.461. The number of carbonyl (C=O) groups excluding carboxylic acids is 1. The number of halogens is 3. The molecule has 0 unspecified atom stereocenters. The highest BCUT2D eigenvalue weighted by Crippen LogP contribution is 2.25. The first-order valence-electron chi connectivity index (χ1n) is 8.25. The highest BCUT2D eigenvalue weighted by molar-refractivity contribution is 9.10. The SMILES string of the molecule is CCNS(=O)(=O)c1ccc(C)c(C(=O)NCc2cc(Br)ccc2OC(F)F)c1. The molecular weight excluding hydrogens is 458 g/mol. The molecule has 2 rings (SSSR count). The highest BCUT2D eigenvalue weighted by Gasteiger charge is 2.18. The Hall–Kier alpha value is -2.04. The molecule has 10 heteroatoms. The summed E-state index contributed by atoms with van der Waals surface area (Å²) in [5.41, 5.74) is 1.09. The van der Waals surface area contributed by atoms with E-state index < -0.39 is 22.5 Å². The van der Waals surface area contributed by atoms with Gasteiger partial charge in [0.15, 0.2) is 0 Å². The van der Waals surface area contributed by atoms with Gasteiger partial charge in [0.25, 0.3) is 5.91 Å². The smallest absolute Gasteiger partial charge is 0.387 e. The monoisotopic (exact) mass is 476 g/mol. The van der Waals surface area contributed by atoms with Gasteiger partial charge in [0.05, 0.1) is 4.90 Å². The molecule has 6 nitrogen and oxygen atoms in total. The second-order valence-electron chi connectivity index (χ2n) is 5.79. The fraction of sp³-hybridized carbons (Fsp3) is 0.278. The molecule has 0 saturated heterocycles. The minimum atomic E-state index is -3.72. The summed E-state index contributed by atoms with van der Waals surface area (Å²) in [7, 11) is -3.72. The summed E-state index contributed by atoms with van der Waals surface area (Å²) < 4.78 is 56.9. The predicted molar refractivity (Wildman–Crippen MR) is 104 cm³/mol. The van der Waals surface area contributed by atoms with Crippen LogP contribution in [0.3, 0.4) is 0 Å². The van der Waals surface area contributed by atoms with Gasteiger partial charge in [-0.2, -0.15) is 8.78 Å². The lowest BCUT2D eigenvalue weighted by Gasteiger charge is -2.13. The van der Waals surface area contributed by atoms with Crippen LogP contribution in [-0.4, -0.2) is 27.5 Å². The Balaban J connectivity index is 2.24. The topological polar surface area (TPSA) is 84.5 Å². The van der Waals surface area contributed by atoms with Crippen LogP contribution in [0.4, 0.5) is 8.78 Å². The van der Waals surface area contributed by atoms with Crippen molar-refractivity contribution in [3.8, 4) is 5.75 Å². The van der Waals surface area contributed by atoms with Crippen LogP contribution in [0.15, 0.2) is 45.8 Å². The molecule has 0 fully saturated rings. The number of alkyl halides is 2. The average molecular weight is 477 g/mol. The Morgan fingerprint density at radius 1 is 1.21 bits per heavy atom. The Bertz CT molecular complexity index is 968. The van der Waals surface area contributed by atoms with Crippen molar-refractivity contribution in [3.05, 3.63) is 57.6 Å². The van der Waals surface area contributed by atoms with Crippen molar-refractivity contribution >= 4 is 31.9 Å². The molecule has 0 heterocycles. The van der Waals surface area contributed by atoms with Crippen molar-refractivity contribution in [2.75, 3.05) is 6.54 Å². The number of hydrogen-bond donors (Lipinski definition) is 2. The van der Waals surface area contributed by atoms with E-state index in [1.807, 2.05) is 0 Å². The van der Waals surface area contributed by atoms with Crippen molar-refractivity contribution in [2.45, 2.75) is 31.9 Å². The van der Waals surface area contributed by atoms with E-state index in [9.17, 15) is 22.0 Å². The van der Waals surface area contributed by atoms with Crippen LogP contribution in [-0.2, 0) is 16.6 Å². The van der Waals surface area contributed by atoms with E-state index in [0.29, 0.717) is 15.6 Å². The number of rotatable bonds is 8. The summed E-state index contributed by atoms with van der Waals surface area (Å²) in [5.74, 6) is -0.590. The molecule has 0 atom stereocenters. The van der Waals surface area contributed by atoms with Crippen LogP contribution in [0.25, 0.3) is 0 Å². The fourth-order valence-electron chi connectivity index (χ4n) is 2.45. The van der Waals surface area contributed by atoms with Crippen molar-refractivity contribution < 1.29 is 26.7 Å². The molecule has 0 saturated carbocycles. The number of aryl methyl sites for hydroxylation is 1. The lowest BCUT2D eigenvalue weighted by molar-refractivity contribution is -0.0504. The van der Waals surface area contributed by atoms with Crippen LogP contribution < -0.4 is 14.8 Å². The van der Waals surface area contributed by atoms with Gasteiger partial charge in [-0.15, -0.1) is 0 Å². The van der Waals surface area contributed by atoms with Crippen LogP contribution in [0.5, 0.6) is 5.75 Å². The molecule has 0 aromatic heterocycles. The second kappa shape index (κ2) is 9.44. The third-order valence-corrected chi connectivity index (χ3v) is 5.81. The summed E-state index contributed by atoms with van der Waals surface area (Å²) in [4.78, 5) is 12.5. The van der Waals surface area contributed by atoms with Crippen molar-refractivity contribution in [3.63, 3.8) is 0 Å². The lowest BCUT2D eigenvalue weighted by Crippen LogP contribution is -2.26. The number of nitrogens with one attached hydrogen (secondary N) is 2. The van der Waals surface area contributed by atoms with Crippen molar-refractivity contribution in [2.24, 2.45) is 0 Å². The largest absolute Gasteiger partial charge is 0.434 e. The van der Waals surface area contributed by atoms with E-state index in [1.165, 1.54) is 24.3 Å². The second-order valence-corrected chi connectivity index (χ2v) is 8.47. The molecule has 2 aromatic carbocycles. The number of benzene rings is 2. The normalized spacial score (nSPS) is 11.5. The van der Waals surface area contributed by atoms with Gasteiger partial charge in [0.1, 0.15) is 5.75 Å². The van der Waals surface area contributed by atoms with Crippen LogP contribution in [0.1, 0.15) is 28.4 Å². The number of sulfonamides is 1. The Labute approximate surface area is 170 Å². The number of carbonyl (C=O) groups is 1. The molecule has 0 radical (unpaired) electrons. The Morgan fingerprint density at radius 2 is 1.93 bits per heavy atom. The molecule has 152 valence electrons. The third-order valence-electron chi connectivity index (χ3n) is 3.78. The zero-order chi connectivity index (χ0) is 20.9. The van der Waals surface area contributed by atoms with Gasteiger partial charge >= 0.3 is 6.61 Å². The van der Waals surface area contributed by atoms with E-state index in [-0.39, 0.29) is 29.3 Å². The third kappa shape index (κ3) is 5.73. The molecule has 0 aliphatic rings. The molecule has 0 bridgehead atoms. The first-order valence-corrected chi connectivity index (χ1v) is 10.5. The number of hydrogen-bond acceptors (Lipinski definition) is 4. The lowest BCUT2D eigenvalue weighted by atomic mass is 10.1. The minimum Gasteiger partial charge on any atom is -0.434 e. The molecule has 1 amide bonds. The summed E-state index contributed by atoms with van der Waals surface area (Å²) in [6, 6.07) is 8.68. The summed E-state index contributed by atoms with van der Waals surface area (Å²) in [5, 5.41) is 2.61. The van der Waals surface area contributed by atoms with Gasteiger partial charge in [-0.05, 0) is 42.8 Å². The predicted octanol–water partition coefficient (Wildman–Crippen LogP) is 3.59. The van der Waals surface area contributed by atoms with Gasteiger partial charge in [-0.3, -0.25) is 4.79 Å². The van der Waals surface area contributed by atoms with E-state index in [4.69, 9.17) is 0 Å². The number of ether oxygens (including phenoxy) is 1. The zero-order valence-electron chi connectivity index (χ0n) is 15.1. The quantitative estimate of drug-likeness (QED) is 0.609. The van der Waals surface area contributed by atoms with Crippen LogP contribution in [0, 0.1) is 6.92 Å². The Kier molecular flexibility index (Phi) is 7.50. The van der Waals surface area contributed by atoms with E-state index in [1.54, 1.807) is 26.0 Å². The van der Waals surface area contributed by atoms with Gasteiger partial charge in [0, 0.05) is 28.7 Å².